The molecule has 3 rings (SSSR count). The predicted molar refractivity (Wildman–Crippen MR) is 120 cm³/mol. The number of nitrogens with zero attached hydrogens (tertiary/aromatic N) is 2. The van der Waals surface area contributed by atoms with E-state index in [0.29, 0.717) is 18.3 Å². The number of hydrogen-bond acceptors (Lipinski definition) is 4. The highest BCUT2D eigenvalue weighted by Crippen LogP contribution is 2.24. The van der Waals surface area contributed by atoms with Gasteiger partial charge >= 0.3 is 0 Å². The first-order valence-corrected chi connectivity index (χ1v) is 11.9. The third kappa shape index (κ3) is 5.90. The van der Waals surface area contributed by atoms with Crippen LogP contribution < -0.4 is 5.32 Å². The van der Waals surface area contributed by atoms with Gasteiger partial charge in [-0.25, -0.2) is 12.7 Å². The van der Waals surface area contributed by atoms with E-state index in [1.807, 2.05) is 18.2 Å². The van der Waals surface area contributed by atoms with Gasteiger partial charge in [-0.3, -0.25) is 9.69 Å². The largest absolute Gasteiger partial charge is 0.325 e. The summed E-state index contributed by atoms with van der Waals surface area (Å²) in [6, 6.07) is 17.2. The average Bonchev–Trinajstić information content (AvgIpc) is 3.26. The first-order chi connectivity index (χ1) is 14.4. The third-order valence-corrected chi connectivity index (χ3v) is 7.43. The maximum atomic E-state index is 12.8. The van der Waals surface area contributed by atoms with Gasteiger partial charge in [0.05, 0.1) is 11.4 Å². The maximum Gasteiger partial charge on any atom is 0.242 e. The van der Waals surface area contributed by atoms with Crippen LogP contribution in [0, 0.1) is 0 Å². The Bertz CT molecular complexity index is 939. The predicted octanol–water partition coefficient (Wildman–Crippen LogP) is 3.36. The molecular weight excluding hydrogens is 398 g/mol. The Labute approximate surface area is 179 Å². The molecule has 1 N–H and O–H groups in total. The summed E-state index contributed by atoms with van der Waals surface area (Å²) in [6.45, 7) is 1.14. The van der Waals surface area contributed by atoms with Crippen LogP contribution in [0.1, 0.15) is 31.2 Å². The number of nitrogens with one attached hydrogen (secondary N) is 1. The molecule has 0 aliphatic heterocycles. The molecule has 6 nitrogen and oxygen atoms in total. The van der Waals surface area contributed by atoms with Gasteiger partial charge in [0, 0.05) is 32.4 Å². The van der Waals surface area contributed by atoms with Crippen LogP contribution in [-0.2, 0) is 21.2 Å². The van der Waals surface area contributed by atoms with E-state index < -0.39 is 10.0 Å². The lowest BCUT2D eigenvalue weighted by atomic mass is 10.1. The minimum atomic E-state index is -3.54. The molecular formula is C23H31N3O3S. The maximum absolute atomic E-state index is 12.8. The number of benzene rings is 2. The van der Waals surface area contributed by atoms with Crippen LogP contribution in [0.15, 0.2) is 59.5 Å². The molecule has 7 heteroatoms. The summed E-state index contributed by atoms with van der Waals surface area (Å²) in [4.78, 5) is 15.2. The fourth-order valence-electron chi connectivity index (χ4n) is 3.91. The van der Waals surface area contributed by atoms with Crippen molar-refractivity contribution in [3.05, 3.63) is 60.2 Å². The van der Waals surface area contributed by atoms with E-state index in [1.54, 1.807) is 12.1 Å². The van der Waals surface area contributed by atoms with Gasteiger partial charge in [-0.2, -0.15) is 0 Å². The van der Waals surface area contributed by atoms with Crippen molar-refractivity contribution in [2.45, 2.75) is 43.0 Å². The zero-order chi connectivity index (χ0) is 21.6. The summed E-state index contributed by atoms with van der Waals surface area (Å²) in [7, 11) is -0.553. The Morgan fingerprint density at radius 3 is 2.40 bits per heavy atom. The normalized spacial score (nSPS) is 15.1. The zero-order valence-electron chi connectivity index (χ0n) is 17.8. The van der Waals surface area contributed by atoms with Crippen molar-refractivity contribution < 1.29 is 13.2 Å². The molecule has 162 valence electrons. The molecule has 0 heterocycles. The molecule has 1 fully saturated rings. The van der Waals surface area contributed by atoms with E-state index in [-0.39, 0.29) is 10.8 Å². The lowest BCUT2D eigenvalue weighted by molar-refractivity contribution is -0.117. The van der Waals surface area contributed by atoms with Gasteiger partial charge in [-0.05, 0) is 43.0 Å². The molecule has 1 aliphatic carbocycles. The summed E-state index contributed by atoms with van der Waals surface area (Å²) < 4.78 is 25.9. The van der Waals surface area contributed by atoms with Crippen LogP contribution in [0.2, 0.25) is 0 Å². The molecule has 30 heavy (non-hydrogen) atoms. The summed E-state index contributed by atoms with van der Waals surface area (Å²) in [5, 5.41) is 2.88. The molecule has 0 saturated heterocycles. The van der Waals surface area contributed by atoms with Crippen LogP contribution in [-0.4, -0.2) is 56.8 Å². The van der Waals surface area contributed by atoms with Crippen LogP contribution in [0.4, 0.5) is 5.69 Å². The second kappa shape index (κ2) is 10.2. The SMILES string of the molecule is CN(C)S(=O)(=O)c1cccc(NC(=O)CN(CCc2ccccc2)C2CCCC2)c1. The molecule has 0 bridgehead atoms. The molecule has 0 radical (unpaired) electrons. The Morgan fingerprint density at radius 2 is 1.73 bits per heavy atom. The number of carbonyl (C=O) groups excluding carboxylic acids is 1. The monoisotopic (exact) mass is 429 g/mol. The Balaban J connectivity index is 1.65. The average molecular weight is 430 g/mol. The first-order valence-electron chi connectivity index (χ1n) is 10.5. The number of amides is 1. The van der Waals surface area contributed by atoms with Crippen LogP contribution >= 0.6 is 0 Å². The summed E-state index contributed by atoms with van der Waals surface area (Å²) in [5.41, 5.74) is 1.76. The molecule has 2 aromatic rings. The second-order valence-corrected chi connectivity index (χ2v) is 10.2. The van der Waals surface area contributed by atoms with Gasteiger partial charge in [0.25, 0.3) is 0 Å². The van der Waals surface area contributed by atoms with Gasteiger partial charge in [-0.15, -0.1) is 0 Å². The van der Waals surface area contributed by atoms with E-state index >= 15 is 0 Å². The smallest absolute Gasteiger partial charge is 0.242 e. The minimum Gasteiger partial charge on any atom is -0.325 e. The Kier molecular flexibility index (Phi) is 7.64. The molecule has 0 atom stereocenters. The summed E-state index contributed by atoms with van der Waals surface area (Å²) in [6.07, 6.45) is 5.57. The standard InChI is InChI=1S/C23H31N3O3S/c1-25(2)30(28,29)22-14-8-11-20(17-22)24-23(27)18-26(21-12-6-7-13-21)16-15-19-9-4-3-5-10-19/h3-5,8-11,14,17,21H,6-7,12-13,15-16,18H2,1-2H3,(H,24,27). The highest BCUT2D eigenvalue weighted by Gasteiger charge is 2.24. The first kappa shape index (κ1) is 22.5. The second-order valence-electron chi connectivity index (χ2n) is 8.01. The van der Waals surface area contributed by atoms with Crippen molar-refractivity contribution >= 4 is 21.6 Å². The van der Waals surface area contributed by atoms with Gasteiger partial charge in [0.2, 0.25) is 15.9 Å². The van der Waals surface area contributed by atoms with E-state index in [4.69, 9.17) is 0 Å². The number of rotatable bonds is 9. The summed E-state index contributed by atoms with van der Waals surface area (Å²) in [5.74, 6) is -0.116. The van der Waals surface area contributed by atoms with E-state index in [0.717, 1.165) is 25.8 Å². The van der Waals surface area contributed by atoms with Crippen molar-refractivity contribution in [3.8, 4) is 0 Å². The van der Waals surface area contributed by atoms with Crippen molar-refractivity contribution in [1.82, 2.24) is 9.21 Å². The van der Waals surface area contributed by atoms with E-state index in [9.17, 15) is 13.2 Å². The third-order valence-electron chi connectivity index (χ3n) is 5.61. The molecule has 1 aliphatic rings. The zero-order valence-corrected chi connectivity index (χ0v) is 18.6. The summed E-state index contributed by atoms with van der Waals surface area (Å²) >= 11 is 0. The van der Waals surface area contributed by atoms with Crippen molar-refractivity contribution in [2.24, 2.45) is 0 Å². The molecule has 1 amide bonds. The highest BCUT2D eigenvalue weighted by atomic mass is 32.2. The van der Waals surface area contributed by atoms with Gasteiger partial charge in [0.1, 0.15) is 0 Å². The molecule has 2 aromatic carbocycles. The topological polar surface area (TPSA) is 69.7 Å². The molecule has 0 aromatic heterocycles. The van der Waals surface area contributed by atoms with E-state index in [1.165, 1.54) is 48.9 Å². The van der Waals surface area contributed by atoms with Crippen molar-refractivity contribution in [2.75, 3.05) is 32.5 Å². The molecule has 0 spiro atoms. The highest BCUT2D eigenvalue weighted by molar-refractivity contribution is 7.89. The van der Waals surface area contributed by atoms with Crippen LogP contribution in [0.5, 0.6) is 0 Å². The van der Waals surface area contributed by atoms with Gasteiger partial charge in [-0.1, -0.05) is 49.2 Å². The van der Waals surface area contributed by atoms with Crippen LogP contribution in [0.3, 0.4) is 0 Å². The van der Waals surface area contributed by atoms with Crippen LogP contribution in [0.25, 0.3) is 0 Å². The molecule has 0 unspecified atom stereocenters. The number of anilines is 1. The fourth-order valence-corrected chi connectivity index (χ4v) is 4.86. The number of hydrogen-bond donors (Lipinski definition) is 1. The van der Waals surface area contributed by atoms with Crippen molar-refractivity contribution in [1.29, 1.82) is 0 Å². The van der Waals surface area contributed by atoms with E-state index in [2.05, 4.69) is 22.3 Å². The Morgan fingerprint density at radius 1 is 1.03 bits per heavy atom. The Hall–Kier alpha value is -2.22. The van der Waals surface area contributed by atoms with Gasteiger partial charge in [0.15, 0.2) is 0 Å². The quantitative estimate of drug-likeness (QED) is 0.664. The lowest BCUT2D eigenvalue weighted by Crippen LogP contribution is -2.40. The molecule has 1 saturated carbocycles. The van der Waals surface area contributed by atoms with Crippen molar-refractivity contribution in [3.63, 3.8) is 0 Å². The lowest BCUT2D eigenvalue weighted by Gasteiger charge is -2.28. The minimum absolute atomic E-state index is 0.116. The fraction of sp³-hybridized carbons (Fsp3) is 0.435. The number of carbonyl (C=O) groups is 1. The number of sulfonamides is 1. The van der Waals surface area contributed by atoms with Gasteiger partial charge < -0.3 is 5.32 Å².